The van der Waals surface area contributed by atoms with Gasteiger partial charge in [0.1, 0.15) is 10.0 Å². The van der Waals surface area contributed by atoms with Crippen LogP contribution < -0.4 is 4.90 Å². The summed E-state index contributed by atoms with van der Waals surface area (Å²) in [5, 5.41) is 11.3. The molecular formula is C33H20N4S2. The van der Waals surface area contributed by atoms with E-state index in [1.807, 2.05) is 60.7 Å². The lowest BCUT2D eigenvalue weighted by atomic mass is 10.1. The summed E-state index contributed by atoms with van der Waals surface area (Å²) < 4.78 is 2.37. The molecule has 4 nitrogen and oxygen atoms in total. The third-order valence-electron chi connectivity index (χ3n) is 6.59. The monoisotopic (exact) mass is 536 g/mol. The molecule has 0 saturated carbocycles. The Balaban J connectivity index is 1.26. The maximum absolute atomic E-state index is 9.31. The number of fused-ring (bicyclic) bond motifs is 2. The third kappa shape index (κ3) is 4.44. The van der Waals surface area contributed by atoms with Gasteiger partial charge in [-0.25, -0.2) is 9.97 Å². The van der Waals surface area contributed by atoms with Crippen molar-refractivity contribution in [3.05, 3.63) is 127 Å². The molecule has 5 aromatic carbocycles. The minimum Gasteiger partial charge on any atom is -0.311 e. The van der Waals surface area contributed by atoms with Crippen molar-refractivity contribution in [3.63, 3.8) is 0 Å². The minimum absolute atomic E-state index is 0.635. The van der Waals surface area contributed by atoms with E-state index >= 15 is 0 Å². The largest absolute Gasteiger partial charge is 0.311 e. The number of benzene rings is 5. The second-order valence-corrected chi connectivity index (χ2v) is 11.1. The second kappa shape index (κ2) is 9.80. The summed E-state index contributed by atoms with van der Waals surface area (Å²) >= 11 is 3.40. The highest BCUT2D eigenvalue weighted by Gasteiger charge is 2.15. The molecule has 0 aliphatic heterocycles. The molecular weight excluding hydrogens is 517 g/mol. The Labute approximate surface area is 233 Å². The van der Waals surface area contributed by atoms with Crippen molar-refractivity contribution in [2.45, 2.75) is 0 Å². The first-order valence-electron chi connectivity index (χ1n) is 12.5. The number of nitrogens with zero attached hydrogens (tertiary/aromatic N) is 4. The lowest BCUT2D eigenvalue weighted by Crippen LogP contribution is -2.09. The molecule has 0 aliphatic carbocycles. The fourth-order valence-corrected chi connectivity index (χ4v) is 6.57. The summed E-state index contributed by atoms with van der Waals surface area (Å²) in [7, 11) is 0. The molecule has 0 atom stereocenters. The molecule has 39 heavy (non-hydrogen) atoms. The smallest absolute Gasteiger partial charge is 0.124 e. The van der Waals surface area contributed by atoms with E-state index in [0.717, 1.165) is 49.2 Å². The Morgan fingerprint density at radius 2 is 0.923 bits per heavy atom. The van der Waals surface area contributed by atoms with Gasteiger partial charge in [-0.1, -0.05) is 24.3 Å². The van der Waals surface area contributed by atoms with Gasteiger partial charge in [0.2, 0.25) is 0 Å². The second-order valence-electron chi connectivity index (χ2n) is 9.06. The Morgan fingerprint density at radius 1 is 0.513 bits per heavy atom. The van der Waals surface area contributed by atoms with Crippen molar-refractivity contribution in [2.24, 2.45) is 0 Å². The number of aromatic nitrogens is 2. The summed E-state index contributed by atoms with van der Waals surface area (Å²) in [6.07, 6.45) is 0. The van der Waals surface area contributed by atoms with Gasteiger partial charge in [-0.15, -0.1) is 22.7 Å². The number of anilines is 3. The van der Waals surface area contributed by atoms with Crippen LogP contribution in [-0.2, 0) is 0 Å². The van der Waals surface area contributed by atoms with Gasteiger partial charge in [0.15, 0.2) is 0 Å². The van der Waals surface area contributed by atoms with E-state index in [1.54, 1.807) is 22.7 Å². The highest BCUT2D eigenvalue weighted by molar-refractivity contribution is 7.22. The first-order chi connectivity index (χ1) is 19.2. The number of nitriles is 1. The Hall–Kier alpha value is -4.83. The molecule has 6 heteroatoms. The van der Waals surface area contributed by atoms with E-state index < -0.39 is 0 Å². The van der Waals surface area contributed by atoms with Crippen LogP contribution in [0, 0.1) is 11.3 Å². The maximum atomic E-state index is 9.31. The zero-order valence-electron chi connectivity index (χ0n) is 20.7. The van der Waals surface area contributed by atoms with Gasteiger partial charge < -0.3 is 4.90 Å². The van der Waals surface area contributed by atoms with Crippen molar-refractivity contribution in [3.8, 4) is 27.2 Å². The Bertz CT molecular complexity index is 1780. The van der Waals surface area contributed by atoms with Crippen LogP contribution >= 0.6 is 22.7 Å². The molecule has 2 heterocycles. The first-order valence-corrected chi connectivity index (χ1v) is 14.1. The molecule has 0 aliphatic rings. The summed E-state index contributed by atoms with van der Waals surface area (Å²) in [5.41, 5.74) is 7.89. The van der Waals surface area contributed by atoms with Crippen LogP contribution in [0.4, 0.5) is 17.1 Å². The molecule has 0 bridgehead atoms. The Kier molecular flexibility index (Phi) is 5.86. The summed E-state index contributed by atoms with van der Waals surface area (Å²) in [6.45, 7) is 0. The minimum atomic E-state index is 0.635. The third-order valence-corrected chi connectivity index (χ3v) is 8.76. The number of para-hydroxylation sites is 2. The van der Waals surface area contributed by atoms with Crippen LogP contribution in [0.2, 0.25) is 0 Å². The van der Waals surface area contributed by atoms with E-state index in [-0.39, 0.29) is 0 Å². The molecule has 7 aromatic rings. The SMILES string of the molecule is N#Cc1ccc(N(c2ccc(-c3nc4ccccc4s3)cc2)c2ccc(-c3nc4ccccc4s3)cc2)cc1. The first kappa shape index (κ1) is 23.3. The van der Waals surface area contributed by atoms with E-state index in [9.17, 15) is 5.26 Å². The van der Waals surface area contributed by atoms with Crippen molar-refractivity contribution >= 4 is 60.2 Å². The van der Waals surface area contributed by atoms with Gasteiger partial charge in [-0.2, -0.15) is 5.26 Å². The lowest BCUT2D eigenvalue weighted by Gasteiger charge is -2.25. The fourth-order valence-electron chi connectivity index (χ4n) is 4.63. The molecule has 0 N–H and O–H groups in total. The average molecular weight is 537 g/mol. The number of hydrogen-bond donors (Lipinski definition) is 0. The maximum Gasteiger partial charge on any atom is 0.124 e. The van der Waals surface area contributed by atoms with Crippen LogP contribution in [0.1, 0.15) is 5.56 Å². The zero-order valence-corrected chi connectivity index (χ0v) is 22.3. The van der Waals surface area contributed by atoms with E-state index in [1.165, 1.54) is 9.40 Å². The number of rotatable bonds is 5. The molecule has 7 rings (SSSR count). The van der Waals surface area contributed by atoms with E-state index in [2.05, 4.69) is 71.6 Å². The predicted octanol–water partition coefficient (Wildman–Crippen LogP) is 9.58. The number of hydrogen-bond acceptors (Lipinski definition) is 6. The lowest BCUT2D eigenvalue weighted by molar-refractivity contribution is 1.28. The van der Waals surface area contributed by atoms with Gasteiger partial charge in [-0.05, 0) is 97.1 Å². The summed E-state index contributed by atoms with van der Waals surface area (Å²) in [6, 6.07) is 43.3. The van der Waals surface area contributed by atoms with E-state index in [4.69, 9.17) is 9.97 Å². The molecule has 0 unspecified atom stereocenters. The quantitative estimate of drug-likeness (QED) is 0.220. The highest BCUT2D eigenvalue weighted by atomic mass is 32.1. The van der Waals surface area contributed by atoms with Gasteiger partial charge in [-0.3, -0.25) is 0 Å². The average Bonchev–Trinajstić information content (AvgIpc) is 3.63. The summed E-state index contributed by atoms with van der Waals surface area (Å²) in [4.78, 5) is 11.8. The molecule has 0 amide bonds. The zero-order chi connectivity index (χ0) is 26.2. The van der Waals surface area contributed by atoms with Crippen LogP contribution in [-0.4, -0.2) is 9.97 Å². The van der Waals surface area contributed by atoms with Gasteiger partial charge >= 0.3 is 0 Å². The van der Waals surface area contributed by atoms with Crippen molar-refractivity contribution in [1.82, 2.24) is 9.97 Å². The standard InChI is InChI=1S/C33H20N4S2/c34-21-22-9-15-25(16-10-22)37(26-17-11-23(12-18-26)32-35-28-5-1-3-7-30(28)38-32)27-19-13-24(14-20-27)33-36-29-6-2-4-8-31(29)39-33/h1-20H. The number of thiazole rings is 2. The normalized spacial score (nSPS) is 11.1. The molecule has 0 radical (unpaired) electrons. The van der Waals surface area contributed by atoms with Crippen LogP contribution in [0.5, 0.6) is 0 Å². The van der Waals surface area contributed by atoms with Gasteiger partial charge in [0, 0.05) is 28.2 Å². The van der Waals surface area contributed by atoms with Crippen LogP contribution in [0.25, 0.3) is 41.6 Å². The predicted molar refractivity (Wildman–Crippen MR) is 163 cm³/mol. The van der Waals surface area contributed by atoms with Crippen molar-refractivity contribution < 1.29 is 0 Å². The molecule has 0 spiro atoms. The van der Waals surface area contributed by atoms with Crippen molar-refractivity contribution in [2.75, 3.05) is 4.90 Å². The van der Waals surface area contributed by atoms with Crippen LogP contribution in [0.15, 0.2) is 121 Å². The molecule has 2 aromatic heterocycles. The molecule has 0 fully saturated rings. The topological polar surface area (TPSA) is 52.8 Å². The highest BCUT2D eigenvalue weighted by Crippen LogP contribution is 2.38. The summed E-state index contributed by atoms with van der Waals surface area (Å²) in [5.74, 6) is 0. The van der Waals surface area contributed by atoms with Crippen molar-refractivity contribution in [1.29, 1.82) is 5.26 Å². The molecule has 184 valence electrons. The molecule has 0 saturated heterocycles. The van der Waals surface area contributed by atoms with E-state index in [0.29, 0.717) is 5.56 Å². The Morgan fingerprint density at radius 3 is 1.33 bits per heavy atom. The van der Waals surface area contributed by atoms with Crippen LogP contribution in [0.3, 0.4) is 0 Å². The van der Waals surface area contributed by atoms with Gasteiger partial charge in [0.05, 0.1) is 32.1 Å². The fraction of sp³-hybridized carbons (Fsp3) is 0. The van der Waals surface area contributed by atoms with Gasteiger partial charge in [0.25, 0.3) is 0 Å².